The van der Waals surface area contributed by atoms with Gasteiger partial charge in [-0.1, -0.05) is 63.2 Å². The summed E-state index contributed by atoms with van der Waals surface area (Å²) in [7, 11) is 0. The highest BCUT2D eigenvalue weighted by atomic mass is 16.5. The van der Waals surface area contributed by atoms with E-state index in [0.29, 0.717) is 25.3 Å². The quantitative estimate of drug-likeness (QED) is 0.600. The summed E-state index contributed by atoms with van der Waals surface area (Å²) in [6.07, 6.45) is 2.14. The molecule has 0 spiro atoms. The number of benzene rings is 2. The minimum Gasteiger partial charge on any atom is -0.484 e. The van der Waals surface area contributed by atoms with Crippen molar-refractivity contribution in [1.29, 1.82) is 5.26 Å². The van der Waals surface area contributed by atoms with Gasteiger partial charge in [0, 0.05) is 13.1 Å². The molecule has 2 rings (SSSR count). The molecule has 4 heteroatoms. The molecule has 0 saturated carbocycles. The summed E-state index contributed by atoms with van der Waals surface area (Å²) in [5, 5.41) is 8.88. The molecule has 0 saturated heterocycles. The minimum atomic E-state index is -0.0934. The number of carbonyl (C=O) groups is 1. The predicted molar refractivity (Wildman–Crippen MR) is 112 cm³/mol. The first kappa shape index (κ1) is 21.5. The third-order valence-electron chi connectivity index (χ3n) is 5.24. The minimum absolute atomic E-state index is 0.0171. The third-order valence-corrected chi connectivity index (χ3v) is 5.24. The number of hydrogen-bond donors (Lipinski definition) is 0. The van der Waals surface area contributed by atoms with Crippen molar-refractivity contribution in [3.05, 3.63) is 65.7 Å². The van der Waals surface area contributed by atoms with E-state index in [0.717, 1.165) is 12.8 Å². The molecular weight excluding hydrogens is 348 g/mol. The summed E-state index contributed by atoms with van der Waals surface area (Å²) in [4.78, 5) is 14.3. The van der Waals surface area contributed by atoms with Crippen LogP contribution in [0.4, 0.5) is 0 Å². The van der Waals surface area contributed by atoms with E-state index in [4.69, 9.17) is 10.00 Å². The molecule has 0 heterocycles. The number of ether oxygens (including phenoxy) is 1. The fourth-order valence-electron chi connectivity index (χ4n) is 2.90. The molecular formula is C24H30N2O2. The highest BCUT2D eigenvalue weighted by Crippen LogP contribution is 2.28. The molecule has 1 amide bonds. The Bertz CT molecular complexity index is 777. The Morgan fingerprint density at radius 1 is 1.07 bits per heavy atom. The molecule has 0 aliphatic rings. The van der Waals surface area contributed by atoms with Gasteiger partial charge in [-0.3, -0.25) is 4.79 Å². The van der Waals surface area contributed by atoms with Gasteiger partial charge in [-0.15, -0.1) is 0 Å². The van der Waals surface area contributed by atoms with Gasteiger partial charge < -0.3 is 9.64 Å². The van der Waals surface area contributed by atoms with Gasteiger partial charge in [-0.05, 0) is 41.5 Å². The Hall–Kier alpha value is -2.80. The van der Waals surface area contributed by atoms with Crippen molar-refractivity contribution in [2.24, 2.45) is 0 Å². The lowest BCUT2D eigenvalue weighted by Crippen LogP contribution is -2.37. The van der Waals surface area contributed by atoms with Gasteiger partial charge in [0.15, 0.2) is 6.61 Å². The Labute approximate surface area is 168 Å². The molecule has 0 fully saturated rings. The van der Waals surface area contributed by atoms with Crippen LogP contribution in [0.15, 0.2) is 54.6 Å². The SMILES string of the molecule is CCC(C)(C)c1ccc(OCC(=O)N(CCC#N)CCc2ccccc2)cc1. The molecule has 0 aliphatic carbocycles. The number of carbonyl (C=O) groups excluding carboxylic acids is 1. The van der Waals surface area contributed by atoms with Gasteiger partial charge in [0.2, 0.25) is 0 Å². The number of hydrogen-bond acceptors (Lipinski definition) is 3. The van der Waals surface area contributed by atoms with Crippen LogP contribution in [0.1, 0.15) is 44.7 Å². The van der Waals surface area contributed by atoms with E-state index in [1.807, 2.05) is 42.5 Å². The van der Waals surface area contributed by atoms with Crippen LogP contribution in [0.2, 0.25) is 0 Å². The third kappa shape index (κ3) is 6.42. The van der Waals surface area contributed by atoms with Gasteiger partial charge in [0.25, 0.3) is 5.91 Å². The molecule has 0 unspecified atom stereocenters. The van der Waals surface area contributed by atoms with Crippen molar-refractivity contribution in [2.45, 2.75) is 45.4 Å². The van der Waals surface area contributed by atoms with Crippen LogP contribution >= 0.6 is 0 Å². The number of nitrogens with zero attached hydrogens (tertiary/aromatic N) is 2. The summed E-state index contributed by atoms with van der Waals surface area (Å²) in [6.45, 7) is 7.59. The molecule has 4 nitrogen and oxygen atoms in total. The van der Waals surface area contributed by atoms with Gasteiger partial charge in [-0.2, -0.15) is 5.26 Å². The zero-order chi connectivity index (χ0) is 20.4. The van der Waals surface area contributed by atoms with E-state index in [-0.39, 0.29) is 17.9 Å². The molecule has 0 aromatic heterocycles. The van der Waals surface area contributed by atoms with E-state index < -0.39 is 0 Å². The van der Waals surface area contributed by atoms with Crippen LogP contribution in [-0.2, 0) is 16.6 Å². The predicted octanol–water partition coefficient (Wildman–Crippen LogP) is 4.74. The number of rotatable bonds is 10. The fourth-order valence-corrected chi connectivity index (χ4v) is 2.90. The molecule has 28 heavy (non-hydrogen) atoms. The monoisotopic (exact) mass is 378 g/mol. The normalized spacial score (nSPS) is 10.9. The van der Waals surface area contributed by atoms with Crippen LogP contribution in [0.5, 0.6) is 5.75 Å². The lowest BCUT2D eigenvalue weighted by Gasteiger charge is -2.24. The average molecular weight is 379 g/mol. The second-order valence-electron chi connectivity index (χ2n) is 7.57. The Kier molecular flexibility index (Phi) is 8.07. The zero-order valence-corrected chi connectivity index (χ0v) is 17.1. The molecule has 0 N–H and O–H groups in total. The van der Waals surface area contributed by atoms with Crippen molar-refractivity contribution in [3.63, 3.8) is 0 Å². The van der Waals surface area contributed by atoms with Crippen LogP contribution in [0.25, 0.3) is 0 Å². The van der Waals surface area contributed by atoms with E-state index in [1.54, 1.807) is 4.90 Å². The molecule has 0 radical (unpaired) electrons. The van der Waals surface area contributed by atoms with Crippen molar-refractivity contribution in [2.75, 3.05) is 19.7 Å². The van der Waals surface area contributed by atoms with Gasteiger partial charge in [0.1, 0.15) is 5.75 Å². The van der Waals surface area contributed by atoms with Crippen molar-refractivity contribution in [1.82, 2.24) is 4.90 Å². The second kappa shape index (κ2) is 10.5. The van der Waals surface area contributed by atoms with E-state index in [9.17, 15) is 4.79 Å². The first-order valence-electron chi connectivity index (χ1n) is 9.88. The topological polar surface area (TPSA) is 53.3 Å². The van der Waals surface area contributed by atoms with Crippen LogP contribution in [0.3, 0.4) is 0 Å². The summed E-state index contributed by atoms with van der Waals surface area (Å²) in [5.41, 5.74) is 2.55. The summed E-state index contributed by atoms with van der Waals surface area (Å²) in [6, 6.07) is 20.1. The Morgan fingerprint density at radius 2 is 1.75 bits per heavy atom. The molecule has 2 aromatic rings. The molecule has 0 atom stereocenters. The maximum atomic E-state index is 12.6. The molecule has 0 bridgehead atoms. The zero-order valence-electron chi connectivity index (χ0n) is 17.1. The molecule has 0 aliphatic heterocycles. The summed E-state index contributed by atoms with van der Waals surface area (Å²) < 4.78 is 5.71. The fraction of sp³-hybridized carbons (Fsp3) is 0.417. The highest BCUT2D eigenvalue weighted by Gasteiger charge is 2.18. The van der Waals surface area contributed by atoms with Gasteiger partial charge >= 0.3 is 0 Å². The lowest BCUT2D eigenvalue weighted by molar-refractivity contribution is -0.133. The van der Waals surface area contributed by atoms with Crippen molar-refractivity contribution in [3.8, 4) is 11.8 Å². The van der Waals surface area contributed by atoms with Gasteiger partial charge in [0.05, 0.1) is 12.5 Å². The first-order valence-corrected chi connectivity index (χ1v) is 9.88. The maximum Gasteiger partial charge on any atom is 0.260 e. The molecule has 2 aromatic carbocycles. The maximum absolute atomic E-state index is 12.6. The van der Waals surface area contributed by atoms with Crippen molar-refractivity contribution >= 4 is 5.91 Å². The van der Waals surface area contributed by atoms with Gasteiger partial charge in [-0.25, -0.2) is 0 Å². The van der Waals surface area contributed by atoms with Crippen LogP contribution < -0.4 is 4.74 Å². The number of nitriles is 1. The second-order valence-corrected chi connectivity index (χ2v) is 7.57. The average Bonchev–Trinajstić information content (AvgIpc) is 2.73. The van der Waals surface area contributed by atoms with Crippen LogP contribution in [-0.4, -0.2) is 30.5 Å². The number of amides is 1. The van der Waals surface area contributed by atoms with E-state index in [2.05, 4.69) is 39.0 Å². The largest absolute Gasteiger partial charge is 0.484 e. The molecule has 148 valence electrons. The standard InChI is InChI=1S/C24H30N2O2/c1-4-24(2,3)21-11-13-22(14-12-21)28-19-23(27)26(17-8-16-25)18-15-20-9-6-5-7-10-20/h5-7,9-14H,4,8,15,17-19H2,1-3H3. The summed E-state index contributed by atoms with van der Waals surface area (Å²) in [5.74, 6) is 0.594. The van der Waals surface area contributed by atoms with E-state index >= 15 is 0 Å². The highest BCUT2D eigenvalue weighted by molar-refractivity contribution is 5.77. The Balaban J connectivity index is 1.92. The van der Waals surface area contributed by atoms with E-state index in [1.165, 1.54) is 11.1 Å². The smallest absolute Gasteiger partial charge is 0.260 e. The lowest BCUT2D eigenvalue weighted by atomic mass is 9.82. The first-order chi connectivity index (χ1) is 13.5. The summed E-state index contributed by atoms with van der Waals surface area (Å²) >= 11 is 0. The Morgan fingerprint density at radius 3 is 2.36 bits per heavy atom. The van der Waals surface area contributed by atoms with Crippen LogP contribution in [0, 0.1) is 11.3 Å². The van der Waals surface area contributed by atoms with Crippen molar-refractivity contribution < 1.29 is 9.53 Å².